The van der Waals surface area contributed by atoms with Crippen LogP contribution in [-0.2, 0) is 10.1 Å². The molecule has 4 aromatic carbocycles. The maximum Gasteiger partial charge on any atom is 1.00 e. The number of rotatable bonds is 7. The molecule has 0 spiro atoms. The summed E-state index contributed by atoms with van der Waals surface area (Å²) in [6.07, 6.45) is 0. The molecule has 0 atom stereocenters. The van der Waals surface area contributed by atoms with Crippen molar-refractivity contribution >= 4 is 67.1 Å². The normalized spacial score (nSPS) is 11.4. The van der Waals surface area contributed by atoms with Crippen molar-refractivity contribution in [2.24, 2.45) is 10.2 Å². The van der Waals surface area contributed by atoms with E-state index in [2.05, 4.69) is 15.5 Å². The molecule has 0 radical (unpaired) electrons. The molecule has 0 aromatic heterocycles. The Morgan fingerprint density at radius 1 is 1.05 bits per heavy atom. The van der Waals surface area contributed by atoms with Crippen LogP contribution in [0.4, 0.5) is 17.1 Å². The van der Waals surface area contributed by atoms with Crippen LogP contribution in [0.2, 0.25) is 10.0 Å². The number of carbonyl (C=O) groups excluding carboxylic acids is 1. The summed E-state index contributed by atoms with van der Waals surface area (Å²) in [5, 5.41) is 25.2. The minimum Gasteiger partial charge on any atom is -0.870 e. The van der Waals surface area contributed by atoms with Crippen LogP contribution in [0.3, 0.4) is 0 Å². The first kappa shape index (κ1) is 30.8. The van der Waals surface area contributed by atoms with Crippen molar-refractivity contribution in [2.45, 2.75) is 18.7 Å². The molecule has 4 rings (SSSR count). The van der Waals surface area contributed by atoms with E-state index in [0.29, 0.717) is 28.7 Å². The quantitative estimate of drug-likeness (QED) is 0.189. The van der Waals surface area contributed by atoms with Crippen molar-refractivity contribution in [3.8, 4) is 11.5 Å². The molecule has 39 heavy (non-hydrogen) atoms. The number of carbonyl (C=O) groups is 1. The number of anilines is 1. The summed E-state index contributed by atoms with van der Waals surface area (Å²) in [6, 6.07) is 15.4. The number of fused-ring (bicyclic) bond motifs is 1. The van der Waals surface area contributed by atoms with Gasteiger partial charge in [0, 0.05) is 16.0 Å². The fourth-order valence-electron chi connectivity index (χ4n) is 3.77. The molecule has 2 N–H and O–H groups in total. The van der Waals surface area contributed by atoms with E-state index in [9.17, 15) is 22.9 Å². The molecule has 0 unspecified atom stereocenters. The summed E-state index contributed by atoms with van der Waals surface area (Å²) in [7, 11) is -4.71. The average molecular weight is 596 g/mol. The number of nitrogens with zero attached hydrogens (tertiary/aromatic N) is 2. The fraction of sp³-hybridized carbons (Fsp3) is 0.115. The molecule has 196 valence electrons. The molecule has 0 saturated heterocycles. The van der Waals surface area contributed by atoms with Crippen LogP contribution in [-0.4, -0.2) is 25.5 Å². The second kappa shape index (κ2) is 12.6. The van der Waals surface area contributed by atoms with Crippen LogP contribution in [0.5, 0.6) is 11.5 Å². The predicted octanol–water partition coefficient (Wildman–Crippen LogP) is 3.85. The minimum absolute atomic E-state index is 0. The molecule has 0 heterocycles. The third-order valence-corrected chi connectivity index (χ3v) is 6.96. The van der Waals surface area contributed by atoms with Gasteiger partial charge >= 0.3 is 29.6 Å². The van der Waals surface area contributed by atoms with E-state index >= 15 is 0 Å². The van der Waals surface area contributed by atoms with Crippen molar-refractivity contribution in [1.82, 2.24) is 0 Å². The van der Waals surface area contributed by atoms with E-state index in [0.717, 1.165) is 6.07 Å². The monoisotopic (exact) mass is 595 g/mol. The van der Waals surface area contributed by atoms with Crippen molar-refractivity contribution < 1.29 is 57.2 Å². The summed E-state index contributed by atoms with van der Waals surface area (Å²) in [5.41, 5.74) is -0.0950. The Hall–Kier alpha value is -2.70. The van der Waals surface area contributed by atoms with Gasteiger partial charge in [-0.2, -0.15) is 13.5 Å². The van der Waals surface area contributed by atoms with Crippen LogP contribution in [0.25, 0.3) is 10.8 Å². The van der Waals surface area contributed by atoms with Crippen LogP contribution in [0, 0.1) is 6.92 Å². The number of ether oxygens (including phenoxy) is 1. The van der Waals surface area contributed by atoms with Gasteiger partial charge in [-0.3, -0.25) is 9.35 Å². The molecule has 9 nitrogen and oxygen atoms in total. The molecule has 0 fully saturated rings. The summed E-state index contributed by atoms with van der Waals surface area (Å²) in [5.74, 6) is -1.12. The third kappa shape index (κ3) is 6.72. The molecule has 0 bridgehead atoms. The van der Waals surface area contributed by atoms with E-state index in [4.69, 9.17) is 27.9 Å². The van der Waals surface area contributed by atoms with E-state index in [-0.39, 0.29) is 62.2 Å². The maximum absolute atomic E-state index is 13.5. The Morgan fingerprint density at radius 3 is 2.44 bits per heavy atom. The molecule has 0 aliphatic heterocycles. The summed E-state index contributed by atoms with van der Waals surface area (Å²) < 4.78 is 38.9. The van der Waals surface area contributed by atoms with E-state index in [1.807, 2.05) is 0 Å². The summed E-state index contributed by atoms with van der Waals surface area (Å²) in [6.45, 7) is 3.68. The molecule has 0 saturated carbocycles. The van der Waals surface area contributed by atoms with Gasteiger partial charge in [0.1, 0.15) is 21.4 Å². The molecular weight excluding hydrogens is 576 g/mol. The Balaban J connectivity index is 0.00000420. The van der Waals surface area contributed by atoms with Crippen LogP contribution >= 0.6 is 23.2 Å². The summed E-state index contributed by atoms with van der Waals surface area (Å²) in [4.78, 5) is 12.6. The van der Waals surface area contributed by atoms with Gasteiger partial charge in [-0.15, -0.1) is 5.11 Å². The first-order valence-electron chi connectivity index (χ1n) is 11.2. The number of amides is 1. The molecule has 13 heteroatoms. The molecule has 0 aliphatic carbocycles. The van der Waals surface area contributed by atoms with Gasteiger partial charge in [0.2, 0.25) is 0 Å². The first-order valence-corrected chi connectivity index (χ1v) is 13.4. The number of hydrogen-bond donors (Lipinski definition) is 2. The van der Waals surface area contributed by atoms with E-state index in [1.54, 1.807) is 49.4 Å². The second-order valence-electron chi connectivity index (χ2n) is 8.07. The fourth-order valence-corrected chi connectivity index (χ4v) is 5.06. The van der Waals surface area contributed by atoms with Crippen molar-refractivity contribution in [1.29, 1.82) is 0 Å². The molecule has 1 amide bonds. The van der Waals surface area contributed by atoms with Gasteiger partial charge in [-0.25, -0.2) is 0 Å². The SMILES string of the molecule is CCOc1cccc(NC(=O)c2cc3ccccc3c(N=Nc3c(C)cc(Cl)cc3S(=O)(=O)O)c2[O-])c1Cl.[Na+]. The van der Waals surface area contributed by atoms with Crippen LogP contribution in [0.1, 0.15) is 22.8 Å². The van der Waals surface area contributed by atoms with Gasteiger partial charge in [0.15, 0.2) is 0 Å². The average Bonchev–Trinajstić information content (AvgIpc) is 2.85. The largest absolute Gasteiger partial charge is 1.00 e. The maximum atomic E-state index is 13.5. The molecular formula is C26H20Cl2N3NaO6S. The predicted molar refractivity (Wildman–Crippen MR) is 144 cm³/mol. The zero-order chi connectivity index (χ0) is 27.6. The topological polar surface area (TPSA) is 140 Å². The zero-order valence-electron chi connectivity index (χ0n) is 21.0. The van der Waals surface area contributed by atoms with Gasteiger partial charge in [0.25, 0.3) is 16.0 Å². The smallest absolute Gasteiger partial charge is 0.870 e. The minimum atomic E-state index is -4.71. The number of aryl methyl sites for hydroxylation is 1. The molecule has 4 aromatic rings. The van der Waals surface area contributed by atoms with Gasteiger partial charge in [-0.05, 0) is 55.1 Å². The number of hydrogen-bond acceptors (Lipinski definition) is 7. The van der Waals surface area contributed by atoms with Gasteiger partial charge in [-0.1, -0.05) is 59.3 Å². The van der Waals surface area contributed by atoms with Crippen molar-refractivity contribution in [3.05, 3.63) is 81.8 Å². The van der Waals surface area contributed by atoms with Crippen LogP contribution in [0.15, 0.2) is 75.8 Å². The van der Waals surface area contributed by atoms with Gasteiger partial charge < -0.3 is 15.2 Å². The Labute approximate surface area is 256 Å². The van der Waals surface area contributed by atoms with Gasteiger partial charge in [0.05, 0.1) is 18.0 Å². The number of halogens is 2. The van der Waals surface area contributed by atoms with Crippen LogP contribution < -0.4 is 44.7 Å². The molecule has 0 aliphatic rings. The Morgan fingerprint density at radius 2 is 1.74 bits per heavy atom. The number of benzene rings is 4. The van der Waals surface area contributed by atoms with E-state index in [1.165, 1.54) is 19.1 Å². The number of azo groups is 1. The standard InChI is InChI=1S/C26H21Cl2N3O6S.Na/c1-3-37-20-10-6-9-19(22(20)28)29-26(33)18-12-15-7-4-5-8-17(15)24(25(18)32)31-30-23-14(2)11-16(27)13-21(23)38(34,35)36;/h4-13,32H,3H2,1-2H3,(H,29,33)(H,34,35,36);/q;+1/p-1. The van der Waals surface area contributed by atoms with Crippen molar-refractivity contribution in [3.63, 3.8) is 0 Å². The summed E-state index contributed by atoms with van der Waals surface area (Å²) >= 11 is 12.3. The Bertz CT molecular complexity index is 1710. The van der Waals surface area contributed by atoms with E-state index < -0.39 is 26.7 Å². The number of nitrogens with one attached hydrogen (secondary N) is 1. The second-order valence-corrected chi connectivity index (χ2v) is 10.3. The zero-order valence-corrected chi connectivity index (χ0v) is 25.4. The third-order valence-electron chi connectivity index (χ3n) is 5.49. The Kier molecular flexibility index (Phi) is 10.0. The first-order chi connectivity index (χ1) is 18.0. The van der Waals surface area contributed by atoms with Crippen molar-refractivity contribution in [2.75, 3.05) is 11.9 Å².